The van der Waals surface area contributed by atoms with Crippen molar-refractivity contribution in [2.24, 2.45) is 0 Å². The fourth-order valence-corrected chi connectivity index (χ4v) is 2.37. The molecule has 1 aromatic heterocycles. The molecule has 1 atom stereocenters. The highest BCUT2D eigenvalue weighted by atomic mass is 16.5. The van der Waals surface area contributed by atoms with Gasteiger partial charge in [0.2, 0.25) is 0 Å². The molecule has 126 valence electrons. The van der Waals surface area contributed by atoms with Gasteiger partial charge in [-0.1, -0.05) is 17.7 Å². The zero-order chi connectivity index (χ0) is 17.9. The molecule has 0 saturated carbocycles. The lowest BCUT2D eigenvalue weighted by molar-refractivity contribution is -0.123. The summed E-state index contributed by atoms with van der Waals surface area (Å²) >= 11 is 0. The van der Waals surface area contributed by atoms with Gasteiger partial charge in [-0.15, -0.1) is 0 Å². The molecule has 2 aromatic rings. The number of benzene rings is 1. The molecule has 0 aliphatic carbocycles. The molecular formula is C18H21N3O3. The van der Waals surface area contributed by atoms with E-state index in [0.717, 1.165) is 22.4 Å². The van der Waals surface area contributed by atoms with E-state index in [-0.39, 0.29) is 5.69 Å². The van der Waals surface area contributed by atoms with E-state index in [0.29, 0.717) is 5.69 Å². The van der Waals surface area contributed by atoms with Gasteiger partial charge in [-0.05, 0) is 45.7 Å². The van der Waals surface area contributed by atoms with Gasteiger partial charge in [-0.2, -0.15) is 0 Å². The van der Waals surface area contributed by atoms with Crippen LogP contribution in [0.1, 0.15) is 39.8 Å². The molecule has 0 radical (unpaired) electrons. The maximum Gasteiger partial charge on any atom is 0.359 e. The van der Waals surface area contributed by atoms with E-state index >= 15 is 0 Å². The van der Waals surface area contributed by atoms with Crippen LogP contribution in [0.15, 0.2) is 24.5 Å². The summed E-state index contributed by atoms with van der Waals surface area (Å²) in [7, 11) is 0. The van der Waals surface area contributed by atoms with Gasteiger partial charge < -0.3 is 10.1 Å². The van der Waals surface area contributed by atoms with Crippen molar-refractivity contribution in [1.82, 2.24) is 9.97 Å². The quantitative estimate of drug-likeness (QED) is 0.873. The number of anilines is 1. The van der Waals surface area contributed by atoms with Crippen LogP contribution in [0.5, 0.6) is 0 Å². The van der Waals surface area contributed by atoms with Crippen molar-refractivity contribution < 1.29 is 14.3 Å². The molecule has 0 aliphatic heterocycles. The van der Waals surface area contributed by atoms with Gasteiger partial charge >= 0.3 is 5.97 Å². The number of carbonyl (C=O) groups excluding carboxylic acids is 2. The number of aryl methyl sites for hydroxylation is 4. The summed E-state index contributed by atoms with van der Waals surface area (Å²) in [6.07, 6.45) is 1.86. The molecule has 0 spiro atoms. The minimum atomic E-state index is -0.944. The number of ether oxygens (including phenoxy) is 1. The lowest BCUT2D eigenvalue weighted by atomic mass is 10.0. The van der Waals surface area contributed by atoms with Gasteiger partial charge in [0.05, 0.1) is 11.9 Å². The lowest BCUT2D eigenvalue weighted by Gasteiger charge is -2.16. The summed E-state index contributed by atoms with van der Waals surface area (Å²) in [6, 6.07) is 3.97. The van der Waals surface area contributed by atoms with E-state index in [2.05, 4.69) is 15.3 Å². The number of esters is 1. The van der Waals surface area contributed by atoms with Crippen LogP contribution in [0.3, 0.4) is 0 Å². The van der Waals surface area contributed by atoms with Gasteiger partial charge in [0.1, 0.15) is 0 Å². The Morgan fingerprint density at radius 2 is 1.67 bits per heavy atom. The molecule has 1 heterocycles. The summed E-state index contributed by atoms with van der Waals surface area (Å²) in [5.41, 5.74) is 4.56. The first-order valence-electron chi connectivity index (χ1n) is 7.66. The molecule has 1 unspecified atom stereocenters. The van der Waals surface area contributed by atoms with Crippen molar-refractivity contribution in [2.45, 2.75) is 40.7 Å². The van der Waals surface area contributed by atoms with Crippen molar-refractivity contribution in [3.63, 3.8) is 0 Å². The smallest absolute Gasteiger partial charge is 0.359 e. The maximum atomic E-state index is 12.3. The Morgan fingerprint density at radius 1 is 1.04 bits per heavy atom. The van der Waals surface area contributed by atoms with Gasteiger partial charge in [-0.25, -0.2) is 9.78 Å². The highest BCUT2D eigenvalue weighted by Gasteiger charge is 2.21. The molecule has 1 aromatic carbocycles. The van der Waals surface area contributed by atoms with E-state index in [1.807, 2.05) is 32.9 Å². The van der Waals surface area contributed by atoms with Crippen molar-refractivity contribution in [2.75, 3.05) is 5.32 Å². The summed E-state index contributed by atoms with van der Waals surface area (Å²) in [5, 5.41) is 2.82. The van der Waals surface area contributed by atoms with Crippen LogP contribution < -0.4 is 5.32 Å². The van der Waals surface area contributed by atoms with Crippen LogP contribution in [0.2, 0.25) is 0 Å². The van der Waals surface area contributed by atoms with Crippen LogP contribution in [0, 0.1) is 27.7 Å². The lowest BCUT2D eigenvalue weighted by Crippen LogP contribution is -2.30. The first kappa shape index (κ1) is 17.6. The second-order valence-electron chi connectivity index (χ2n) is 5.85. The molecular weight excluding hydrogens is 306 g/mol. The number of nitrogens with one attached hydrogen (secondary N) is 1. The van der Waals surface area contributed by atoms with Crippen LogP contribution in [-0.4, -0.2) is 27.9 Å². The number of hydrogen-bond donors (Lipinski definition) is 1. The number of nitrogens with zero attached hydrogens (tertiary/aromatic N) is 2. The second kappa shape index (κ2) is 7.21. The van der Waals surface area contributed by atoms with Gasteiger partial charge in [0.25, 0.3) is 5.91 Å². The normalized spacial score (nSPS) is 11.7. The Labute approximate surface area is 141 Å². The maximum absolute atomic E-state index is 12.3. The van der Waals surface area contributed by atoms with Crippen LogP contribution in [-0.2, 0) is 9.53 Å². The number of amides is 1. The Balaban J connectivity index is 2.05. The fourth-order valence-electron chi connectivity index (χ4n) is 2.37. The van der Waals surface area contributed by atoms with Crippen LogP contribution >= 0.6 is 0 Å². The van der Waals surface area contributed by atoms with E-state index in [1.54, 1.807) is 6.92 Å². The Bertz CT molecular complexity index is 747. The molecule has 6 nitrogen and oxygen atoms in total. The molecule has 6 heteroatoms. The van der Waals surface area contributed by atoms with Crippen molar-refractivity contribution >= 4 is 17.6 Å². The number of aromatic nitrogens is 2. The average molecular weight is 327 g/mol. The summed E-state index contributed by atoms with van der Waals surface area (Å²) in [4.78, 5) is 32.2. The molecule has 1 N–H and O–H groups in total. The average Bonchev–Trinajstić information content (AvgIpc) is 2.51. The minimum absolute atomic E-state index is 0.0722. The number of carbonyl (C=O) groups is 2. The van der Waals surface area contributed by atoms with Gasteiger partial charge in [-0.3, -0.25) is 9.78 Å². The van der Waals surface area contributed by atoms with Crippen molar-refractivity contribution in [3.05, 3.63) is 52.6 Å². The van der Waals surface area contributed by atoms with E-state index in [1.165, 1.54) is 19.3 Å². The standard InChI is InChI=1S/C18H21N3O3/c1-10-6-11(2)16(12(3)7-10)21-17(22)14(5)24-18(23)15-9-19-13(4)8-20-15/h6-9,14H,1-5H3,(H,21,22). The SMILES string of the molecule is Cc1cc(C)c(NC(=O)C(C)OC(=O)c2cnc(C)cn2)c(C)c1. The topological polar surface area (TPSA) is 81.2 Å². The molecule has 0 saturated heterocycles. The molecule has 2 rings (SSSR count). The highest BCUT2D eigenvalue weighted by molar-refractivity contribution is 5.97. The summed E-state index contributed by atoms with van der Waals surface area (Å²) < 4.78 is 5.16. The largest absolute Gasteiger partial charge is 0.448 e. The Hall–Kier alpha value is -2.76. The predicted molar refractivity (Wildman–Crippen MR) is 90.9 cm³/mol. The molecule has 0 bridgehead atoms. The monoisotopic (exact) mass is 327 g/mol. The predicted octanol–water partition coefficient (Wildman–Crippen LogP) is 2.89. The highest BCUT2D eigenvalue weighted by Crippen LogP contribution is 2.22. The Kier molecular flexibility index (Phi) is 5.28. The third-order valence-electron chi connectivity index (χ3n) is 3.57. The number of hydrogen-bond acceptors (Lipinski definition) is 5. The van der Waals surface area contributed by atoms with Crippen molar-refractivity contribution in [1.29, 1.82) is 0 Å². The molecule has 0 fully saturated rings. The Morgan fingerprint density at radius 3 is 2.21 bits per heavy atom. The molecule has 0 aliphatic rings. The first-order valence-corrected chi connectivity index (χ1v) is 7.66. The van der Waals surface area contributed by atoms with E-state index in [4.69, 9.17) is 4.74 Å². The first-order chi connectivity index (χ1) is 11.3. The molecule has 1 amide bonds. The summed E-state index contributed by atoms with van der Waals surface area (Å²) in [6.45, 7) is 9.14. The number of rotatable bonds is 4. The van der Waals surface area contributed by atoms with Crippen LogP contribution in [0.25, 0.3) is 0 Å². The second-order valence-corrected chi connectivity index (χ2v) is 5.85. The zero-order valence-electron chi connectivity index (χ0n) is 14.5. The third kappa shape index (κ3) is 4.16. The van der Waals surface area contributed by atoms with Gasteiger partial charge in [0, 0.05) is 11.9 Å². The summed E-state index contributed by atoms with van der Waals surface area (Å²) in [5.74, 6) is -1.07. The van der Waals surface area contributed by atoms with E-state index in [9.17, 15) is 9.59 Å². The third-order valence-corrected chi connectivity index (χ3v) is 3.57. The van der Waals surface area contributed by atoms with Crippen LogP contribution in [0.4, 0.5) is 5.69 Å². The minimum Gasteiger partial charge on any atom is -0.448 e. The van der Waals surface area contributed by atoms with Gasteiger partial charge in [0.15, 0.2) is 11.8 Å². The fraction of sp³-hybridized carbons (Fsp3) is 0.333. The van der Waals surface area contributed by atoms with E-state index < -0.39 is 18.0 Å². The zero-order valence-corrected chi connectivity index (χ0v) is 14.5. The van der Waals surface area contributed by atoms with Crippen molar-refractivity contribution in [3.8, 4) is 0 Å². The molecule has 24 heavy (non-hydrogen) atoms.